The number of ether oxygens (including phenoxy) is 1. The second-order valence-corrected chi connectivity index (χ2v) is 5.92. The van der Waals surface area contributed by atoms with Gasteiger partial charge in [-0.3, -0.25) is 4.98 Å². The number of nitrogens with one attached hydrogen (secondary N) is 1. The predicted octanol–water partition coefficient (Wildman–Crippen LogP) is 2.87. The van der Waals surface area contributed by atoms with Crippen molar-refractivity contribution in [2.75, 3.05) is 0 Å². The third-order valence-corrected chi connectivity index (χ3v) is 4.08. The topological polar surface area (TPSA) is 34.1 Å². The third-order valence-electron chi connectivity index (χ3n) is 4.08. The lowest BCUT2D eigenvalue weighted by molar-refractivity contribution is 0.137. The minimum Gasteiger partial charge on any atom is -0.489 e. The molecule has 0 amide bonds. The number of nitrogens with zero attached hydrogens (tertiary/aromatic N) is 1. The Labute approximate surface area is 109 Å². The number of pyridine rings is 1. The van der Waals surface area contributed by atoms with Crippen molar-refractivity contribution in [1.82, 2.24) is 10.3 Å². The van der Waals surface area contributed by atoms with E-state index >= 15 is 0 Å². The van der Waals surface area contributed by atoms with Gasteiger partial charge in [0.25, 0.3) is 0 Å². The number of rotatable bonds is 3. The van der Waals surface area contributed by atoms with E-state index in [1.165, 1.54) is 12.8 Å². The Kier molecular flexibility index (Phi) is 3.25. The van der Waals surface area contributed by atoms with Gasteiger partial charge in [0.05, 0.1) is 6.20 Å². The first-order valence-corrected chi connectivity index (χ1v) is 7.09. The molecule has 3 heterocycles. The van der Waals surface area contributed by atoms with Gasteiger partial charge < -0.3 is 10.1 Å². The van der Waals surface area contributed by atoms with Gasteiger partial charge in [-0.05, 0) is 43.7 Å². The first kappa shape index (κ1) is 12.0. The monoisotopic (exact) mass is 246 g/mol. The average molecular weight is 246 g/mol. The normalized spacial score (nSPS) is 30.7. The molecular formula is C15H22N2O. The number of hydrogen-bond donors (Lipinski definition) is 1. The maximum Gasteiger partial charge on any atom is 0.138 e. The summed E-state index contributed by atoms with van der Waals surface area (Å²) in [7, 11) is 0. The van der Waals surface area contributed by atoms with Crippen molar-refractivity contribution in [2.45, 2.75) is 63.6 Å². The van der Waals surface area contributed by atoms with Crippen molar-refractivity contribution < 1.29 is 4.74 Å². The van der Waals surface area contributed by atoms with Gasteiger partial charge in [-0.1, -0.05) is 13.8 Å². The molecule has 2 unspecified atom stereocenters. The lowest BCUT2D eigenvalue weighted by Gasteiger charge is -2.29. The van der Waals surface area contributed by atoms with Gasteiger partial charge in [-0.25, -0.2) is 0 Å². The zero-order valence-electron chi connectivity index (χ0n) is 11.2. The summed E-state index contributed by atoms with van der Waals surface area (Å²) in [5.74, 6) is 1.40. The Balaban J connectivity index is 1.62. The summed E-state index contributed by atoms with van der Waals surface area (Å²) in [5, 5.41) is 3.63. The van der Waals surface area contributed by atoms with E-state index in [0.29, 0.717) is 24.1 Å². The summed E-state index contributed by atoms with van der Waals surface area (Å²) in [6.07, 6.45) is 7.16. The van der Waals surface area contributed by atoms with Gasteiger partial charge in [-0.2, -0.15) is 0 Å². The summed E-state index contributed by atoms with van der Waals surface area (Å²) >= 11 is 0. The van der Waals surface area contributed by atoms with Crippen LogP contribution in [-0.4, -0.2) is 23.2 Å². The van der Waals surface area contributed by atoms with Gasteiger partial charge in [0.2, 0.25) is 0 Å². The molecule has 3 heteroatoms. The molecule has 3 rings (SSSR count). The number of hydrogen-bond acceptors (Lipinski definition) is 3. The van der Waals surface area contributed by atoms with E-state index in [2.05, 4.69) is 36.3 Å². The summed E-state index contributed by atoms with van der Waals surface area (Å²) in [4.78, 5) is 4.46. The van der Waals surface area contributed by atoms with Crippen LogP contribution in [0, 0.1) is 0 Å². The number of piperidine rings is 1. The van der Waals surface area contributed by atoms with E-state index in [-0.39, 0.29) is 0 Å². The maximum atomic E-state index is 6.07. The molecule has 0 aliphatic carbocycles. The lowest BCUT2D eigenvalue weighted by Crippen LogP contribution is -2.42. The lowest BCUT2D eigenvalue weighted by atomic mass is 10.0. The molecule has 3 nitrogen and oxygen atoms in total. The van der Waals surface area contributed by atoms with Crippen LogP contribution in [0.2, 0.25) is 0 Å². The molecule has 1 aromatic heterocycles. The quantitative estimate of drug-likeness (QED) is 0.890. The molecule has 2 saturated heterocycles. The highest BCUT2D eigenvalue weighted by Crippen LogP contribution is 2.29. The van der Waals surface area contributed by atoms with Crippen molar-refractivity contribution in [1.29, 1.82) is 0 Å². The molecule has 2 fully saturated rings. The van der Waals surface area contributed by atoms with Crippen LogP contribution in [0.4, 0.5) is 0 Å². The highest BCUT2D eigenvalue weighted by molar-refractivity contribution is 5.21. The Morgan fingerprint density at radius 3 is 2.50 bits per heavy atom. The van der Waals surface area contributed by atoms with E-state index in [4.69, 9.17) is 4.74 Å². The minimum absolute atomic E-state index is 0.371. The van der Waals surface area contributed by atoms with E-state index in [0.717, 1.165) is 24.3 Å². The molecular weight excluding hydrogens is 224 g/mol. The van der Waals surface area contributed by atoms with E-state index < -0.39 is 0 Å². The maximum absolute atomic E-state index is 6.07. The standard InChI is InChI=1S/C15H22N2O/c1-10(2)15-6-5-13(9-16-15)18-14-7-11-3-4-12(8-14)17-11/h5-6,9-12,14,17H,3-4,7-8H2,1-2H3. The fraction of sp³-hybridized carbons (Fsp3) is 0.667. The summed E-state index contributed by atoms with van der Waals surface area (Å²) < 4.78 is 6.07. The van der Waals surface area contributed by atoms with Crippen molar-refractivity contribution in [3.63, 3.8) is 0 Å². The third kappa shape index (κ3) is 2.51. The van der Waals surface area contributed by atoms with Gasteiger partial charge >= 0.3 is 0 Å². The van der Waals surface area contributed by atoms with Crippen molar-refractivity contribution in [3.8, 4) is 5.75 Å². The molecule has 98 valence electrons. The Bertz CT molecular complexity index is 389. The van der Waals surface area contributed by atoms with Gasteiger partial charge in [0, 0.05) is 17.8 Å². The fourth-order valence-electron chi connectivity index (χ4n) is 3.10. The van der Waals surface area contributed by atoms with Crippen LogP contribution < -0.4 is 10.1 Å². The van der Waals surface area contributed by atoms with Gasteiger partial charge in [0.15, 0.2) is 0 Å². The van der Waals surface area contributed by atoms with Crippen molar-refractivity contribution in [3.05, 3.63) is 24.0 Å². The summed E-state index contributed by atoms with van der Waals surface area (Å²) in [6.45, 7) is 4.32. The first-order valence-electron chi connectivity index (χ1n) is 7.09. The summed E-state index contributed by atoms with van der Waals surface area (Å²) in [5.41, 5.74) is 1.13. The van der Waals surface area contributed by atoms with Crippen LogP contribution in [0.1, 0.15) is 51.1 Å². The first-order chi connectivity index (χ1) is 8.70. The van der Waals surface area contributed by atoms with Crippen LogP contribution in [0.25, 0.3) is 0 Å². The summed E-state index contributed by atoms with van der Waals surface area (Å²) in [6, 6.07) is 5.50. The molecule has 0 saturated carbocycles. The average Bonchev–Trinajstić information content (AvgIpc) is 2.69. The zero-order chi connectivity index (χ0) is 12.5. The molecule has 2 bridgehead atoms. The number of fused-ring (bicyclic) bond motifs is 2. The molecule has 18 heavy (non-hydrogen) atoms. The second-order valence-electron chi connectivity index (χ2n) is 5.92. The van der Waals surface area contributed by atoms with Gasteiger partial charge in [-0.15, -0.1) is 0 Å². The van der Waals surface area contributed by atoms with Crippen LogP contribution in [-0.2, 0) is 0 Å². The molecule has 2 aliphatic heterocycles. The van der Waals surface area contributed by atoms with Crippen LogP contribution >= 0.6 is 0 Å². The molecule has 2 atom stereocenters. The molecule has 1 aromatic rings. The Morgan fingerprint density at radius 2 is 1.94 bits per heavy atom. The Morgan fingerprint density at radius 1 is 1.22 bits per heavy atom. The molecule has 0 spiro atoms. The minimum atomic E-state index is 0.371. The van der Waals surface area contributed by atoms with E-state index in [1.807, 2.05) is 6.20 Å². The van der Waals surface area contributed by atoms with Crippen LogP contribution in [0.3, 0.4) is 0 Å². The highest BCUT2D eigenvalue weighted by Gasteiger charge is 2.34. The largest absolute Gasteiger partial charge is 0.489 e. The Hall–Kier alpha value is -1.09. The molecule has 0 radical (unpaired) electrons. The molecule has 1 N–H and O–H groups in total. The predicted molar refractivity (Wildman–Crippen MR) is 71.9 cm³/mol. The van der Waals surface area contributed by atoms with Crippen LogP contribution in [0.15, 0.2) is 18.3 Å². The van der Waals surface area contributed by atoms with E-state index in [1.54, 1.807) is 0 Å². The van der Waals surface area contributed by atoms with Crippen molar-refractivity contribution in [2.24, 2.45) is 0 Å². The van der Waals surface area contributed by atoms with Crippen molar-refractivity contribution >= 4 is 0 Å². The molecule has 2 aliphatic rings. The molecule has 0 aromatic carbocycles. The van der Waals surface area contributed by atoms with Crippen LogP contribution in [0.5, 0.6) is 5.75 Å². The number of aromatic nitrogens is 1. The smallest absolute Gasteiger partial charge is 0.138 e. The fourth-order valence-corrected chi connectivity index (χ4v) is 3.10. The van der Waals surface area contributed by atoms with Gasteiger partial charge in [0.1, 0.15) is 11.9 Å². The zero-order valence-corrected chi connectivity index (χ0v) is 11.2. The van der Waals surface area contributed by atoms with E-state index in [9.17, 15) is 0 Å². The highest BCUT2D eigenvalue weighted by atomic mass is 16.5. The SMILES string of the molecule is CC(C)c1ccc(OC2CC3CCC(C2)N3)cn1. The second kappa shape index (κ2) is 4.88.